The molecule has 24 heavy (non-hydrogen) atoms. The van der Waals surface area contributed by atoms with Crippen LogP contribution in [0.1, 0.15) is 116 Å². The second-order valence-electron chi connectivity index (χ2n) is 7.35. The quantitative estimate of drug-likeness (QED) is 0.295. The number of hydrogen-bond acceptors (Lipinski definition) is 2. The standard InChI is InChI=1S/C21H43NO2/c1-2-3-4-5-6-7-8-9-10-11-12-13-14-15-17-20(21(22)24)18-16-19-23/h20,23H,2-19H2,1H3,(H2,22,24). The molecule has 1 atom stereocenters. The summed E-state index contributed by atoms with van der Waals surface area (Å²) >= 11 is 0. The molecule has 0 saturated heterocycles. The molecule has 0 aliphatic carbocycles. The number of primary amides is 1. The van der Waals surface area contributed by atoms with E-state index in [4.69, 9.17) is 10.8 Å². The van der Waals surface area contributed by atoms with Gasteiger partial charge < -0.3 is 10.8 Å². The van der Waals surface area contributed by atoms with Gasteiger partial charge in [-0.1, -0.05) is 96.8 Å². The predicted molar refractivity (Wildman–Crippen MR) is 104 cm³/mol. The van der Waals surface area contributed by atoms with Crippen LogP contribution in [0.3, 0.4) is 0 Å². The van der Waals surface area contributed by atoms with Crippen LogP contribution in [0.5, 0.6) is 0 Å². The molecule has 0 spiro atoms. The maximum Gasteiger partial charge on any atom is 0.220 e. The van der Waals surface area contributed by atoms with Gasteiger partial charge in [0.05, 0.1) is 0 Å². The first kappa shape index (κ1) is 23.4. The lowest BCUT2D eigenvalue weighted by molar-refractivity contribution is -0.122. The van der Waals surface area contributed by atoms with Gasteiger partial charge in [0, 0.05) is 12.5 Å². The molecule has 3 nitrogen and oxygen atoms in total. The second-order valence-corrected chi connectivity index (χ2v) is 7.35. The smallest absolute Gasteiger partial charge is 0.220 e. The molecule has 3 N–H and O–H groups in total. The molecule has 3 heteroatoms. The molecular formula is C21H43NO2. The molecule has 0 aromatic heterocycles. The molecule has 0 bridgehead atoms. The summed E-state index contributed by atoms with van der Waals surface area (Å²) in [4.78, 5) is 11.3. The summed E-state index contributed by atoms with van der Waals surface area (Å²) in [5.41, 5.74) is 5.41. The Labute approximate surface area is 150 Å². The van der Waals surface area contributed by atoms with Gasteiger partial charge in [-0.2, -0.15) is 0 Å². The minimum absolute atomic E-state index is 0.0329. The molecule has 0 rings (SSSR count). The van der Waals surface area contributed by atoms with Crippen LogP contribution < -0.4 is 5.73 Å². The Morgan fingerprint density at radius 1 is 0.708 bits per heavy atom. The van der Waals surface area contributed by atoms with Crippen molar-refractivity contribution in [3.05, 3.63) is 0 Å². The topological polar surface area (TPSA) is 63.3 Å². The van der Waals surface area contributed by atoms with Gasteiger partial charge in [-0.15, -0.1) is 0 Å². The third-order valence-corrected chi connectivity index (χ3v) is 5.02. The number of nitrogens with two attached hydrogens (primary N) is 1. The minimum atomic E-state index is -0.196. The minimum Gasteiger partial charge on any atom is -0.396 e. The molecule has 144 valence electrons. The van der Waals surface area contributed by atoms with Crippen molar-refractivity contribution in [3.63, 3.8) is 0 Å². The Hall–Kier alpha value is -0.570. The van der Waals surface area contributed by atoms with Gasteiger partial charge in [0.2, 0.25) is 5.91 Å². The van der Waals surface area contributed by atoms with Crippen LogP contribution in [0.4, 0.5) is 0 Å². The van der Waals surface area contributed by atoms with E-state index >= 15 is 0 Å². The van der Waals surface area contributed by atoms with Crippen LogP contribution >= 0.6 is 0 Å². The summed E-state index contributed by atoms with van der Waals surface area (Å²) in [6.45, 7) is 2.43. The summed E-state index contributed by atoms with van der Waals surface area (Å²) in [7, 11) is 0. The average Bonchev–Trinajstić information content (AvgIpc) is 2.57. The highest BCUT2D eigenvalue weighted by atomic mass is 16.3. The van der Waals surface area contributed by atoms with Crippen molar-refractivity contribution in [1.82, 2.24) is 0 Å². The van der Waals surface area contributed by atoms with Gasteiger partial charge in [0.25, 0.3) is 0 Å². The van der Waals surface area contributed by atoms with Crippen molar-refractivity contribution in [3.8, 4) is 0 Å². The predicted octanol–water partition coefficient (Wildman–Crippen LogP) is 5.73. The lowest BCUT2D eigenvalue weighted by atomic mass is 9.95. The number of amides is 1. The van der Waals surface area contributed by atoms with Crippen molar-refractivity contribution in [2.75, 3.05) is 6.61 Å². The van der Waals surface area contributed by atoms with E-state index in [1.54, 1.807) is 0 Å². The fourth-order valence-corrected chi connectivity index (χ4v) is 3.35. The van der Waals surface area contributed by atoms with E-state index in [0.29, 0.717) is 6.42 Å². The van der Waals surface area contributed by atoms with Gasteiger partial charge in [0.15, 0.2) is 0 Å². The van der Waals surface area contributed by atoms with E-state index in [1.165, 1.54) is 83.5 Å². The van der Waals surface area contributed by atoms with Gasteiger partial charge in [0.1, 0.15) is 0 Å². The number of hydrogen-bond donors (Lipinski definition) is 2. The molecule has 0 heterocycles. The van der Waals surface area contributed by atoms with Crippen molar-refractivity contribution >= 4 is 5.91 Å². The number of carbonyl (C=O) groups is 1. The van der Waals surface area contributed by atoms with E-state index in [2.05, 4.69) is 6.92 Å². The van der Waals surface area contributed by atoms with Gasteiger partial charge in [-0.25, -0.2) is 0 Å². The first-order valence-corrected chi connectivity index (χ1v) is 10.6. The second kappa shape index (κ2) is 18.8. The number of rotatable bonds is 19. The summed E-state index contributed by atoms with van der Waals surface area (Å²) in [6, 6.07) is 0. The molecule has 0 fully saturated rings. The van der Waals surface area contributed by atoms with Gasteiger partial charge in [-0.3, -0.25) is 4.79 Å². The average molecular weight is 342 g/mol. The number of carbonyl (C=O) groups excluding carboxylic acids is 1. The first-order valence-electron chi connectivity index (χ1n) is 10.6. The van der Waals surface area contributed by atoms with Gasteiger partial charge in [-0.05, 0) is 19.3 Å². The molecule has 0 aliphatic rings. The Kier molecular flexibility index (Phi) is 18.3. The molecule has 0 aromatic carbocycles. The zero-order valence-corrected chi connectivity index (χ0v) is 16.2. The van der Waals surface area contributed by atoms with Gasteiger partial charge >= 0.3 is 0 Å². The number of aliphatic hydroxyl groups is 1. The molecular weight excluding hydrogens is 298 g/mol. The molecule has 0 radical (unpaired) electrons. The lowest BCUT2D eigenvalue weighted by Crippen LogP contribution is -2.23. The Morgan fingerprint density at radius 3 is 1.46 bits per heavy atom. The zero-order chi connectivity index (χ0) is 17.9. The summed E-state index contributed by atoms with van der Waals surface area (Å²) in [6.07, 6.45) is 21.2. The molecule has 1 unspecified atom stereocenters. The van der Waals surface area contributed by atoms with E-state index in [1.807, 2.05) is 0 Å². The molecule has 0 aliphatic heterocycles. The highest BCUT2D eigenvalue weighted by Gasteiger charge is 2.13. The highest BCUT2D eigenvalue weighted by molar-refractivity contribution is 5.76. The van der Waals surface area contributed by atoms with E-state index in [-0.39, 0.29) is 18.4 Å². The van der Waals surface area contributed by atoms with Crippen LogP contribution in [-0.4, -0.2) is 17.6 Å². The Balaban J connectivity index is 3.25. The third-order valence-electron chi connectivity index (χ3n) is 5.02. The van der Waals surface area contributed by atoms with E-state index < -0.39 is 0 Å². The summed E-state index contributed by atoms with van der Waals surface area (Å²) < 4.78 is 0. The van der Waals surface area contributed by atoms with Crippen LogP contribution in [0.15, 0.2) is 0 Å². The first-order chi connectivity index (χ1) is 11.7. The third kappa shape index (κ3) is 16.3. The van der Waals surface area contributed by atoms with Crippen molar-refractivity contribution in [2.45, 2.75) is 116 Å². The monoisotopic (exact) mass is 341 g/mol. The molecule has 1 amide bonds. The maximum absolute atomic E-state index is 11.3. The van der Waals surface area contributed by atoms with Crippen LogP contribution in [0.25, 0.3) is 0 Å². The number of unbranched alkanes of at least 4 members (excludes halogenated alkanes) is 13. The normalized spacial score (nSPS) is 12.4. The zero-order valence-electron chi connectivity index (χ0n) is 16.2. The van der Waals surface area contributed by atoms with Crippen LogP contribution in [-0.2, 0) is 4.79 Å². The lowest BCUT2D eigenvalue weighted by Gasteiger charge is -2.12. The number of aliphatic hydroxyl groups excluding tert-OH is 1. The Morgan fingerprint density at radius 2 is 1.08 bits per heavy atom. The Bertz CT molecular complexity index is 269. The van der Waals surface area contributed by atoms with Crippen molar-refractivity contribution < 1.29 is 9.90 Å². The molecule has 0 saturated carbocycles. The van der Waals surface area contributed by atoms with Crippen LogP contribution in [0.2, 0.25) is 0 Å². The molecule has 0 aromatic rings. The summed E-state index contributed by atoms with van der Waals surface area (Å²) in [5, 5.41) is 8.84. The van der Waals surface area contributed by atoms with E-state index in [0.717, 1.165) is 19.3 Å². The highest BCUT2D eigenvalue weighted by Crippen LogP contribution is 2.17. The largest absolute Gasteiger partial charge is 0.396 e. The maximum atomic E-state index is 11.3. The van der Waals surface area contributed by atoms with Crippen molar-refractivity contribution in [2.24, 2.45) is 11.7 Å². The van der Waals surface area contributed by atoms with Crippen molar-refractivity contribution in [1.29, 1.82) is 0 Å². The van der Waals surface area contributed by atoms with E-state index in [9.17, 15) is 4.79 Å². The fraction of sp³-hybridized carbons (Fsp3) is 0.952. The fourth-order valence-electron chi connectivity index (χ4n) is 3.35. The van der Waals surface area contributed by atoms with Crippen LogP contribution in [0, 0.1) is 5.92 Å². The summed E-state index contributed by atoms with van der Waals surface area (Å²) in [5.74, 6) is -0.229. The SMILES string of the molecule is CCCCCCCCCCCCCCCCC(CCCO)C(N)=O.